The quantitative estimate of drug-likeness (QED) is 0.705. The number of nitrogens with one attached hydrogen (secondary N) is 1. The van der Waals surface area contributed by atoms with Crippen molar-refractivity contribution in [3.05, 3.63) is 35.9 Å². The van der Waals surface area contributed by atoms with E-state index in [1.165, 1.54) is 0 Å². The Morgan fingerprint density at radius 3 is 2.29 bits per heavy atom. The lowest BCUT2D eigenvalue weighted by molar-refractivity contribution is -0.142. The summed E-state index contributed by atoms with van der Waals surface area (Å²) >= 11 is 0. The molecule has 0 fully saturated rings. The predicted octanol–water partition coefficient (Wildman–Crippen LogP) is 3.21. The van der Waals surface area contributed by atoms with Gasteiger partial charge in [0.1, 0.15) is 6.04 Å². The second kappa shape index (κ2) is 8.44. The molecular weight excluding hydrogens is 322 g/mol. The molecule has 24 heavy (non-hydrogen) atoms. The van der Waals surface area contributed by atoms with Gasteiger partial charge in [-0.1, -0.05) is 51.1 Å². The SMILES string of the molecule is CC(C)(C)[Si](C)(C)OCC[C@H](NC(=O)Cc1ccccc1)C(=O)O. The smallest absolute Gasteiger partial charge is 0.326 e. The maximum absolute atomic E-state index is 12.0. The van der Waals surface area contributed by atoms with Gasteiger partial charge in [0.05, 0.1) is 6.42 Å². The van der Waals surface area contributed by atoms with Gasteiger partial charge in [0.25, 0.3) is 0 Å². The Bertz CT molecular complexity index is 552. The normalized spacial score (nSPS) is 13.4. The zero-order chi connectivity index (χ0) is 18.4. The van der Waals surface area contributed by atoms with Crippen LogP contribution in [0.1, 0.15) is 32.8 Å². The first-order valence-corrected chi connectivity index (χ1v) is 11.1. The van der Waals surface area contributed by atoms with Gasteiger partial charge in [-0.2, -0.15) is 0 Å². The van der Waals surface area contributed by atoms with Crippen LogP contribution in [-0.4, -0.2) is 37.9 Å². The maximum atomic E-state index is 12.0. The number of benzene rings is 1. The number of aliphatic carboxylic acids is 1. The highest BCUT2D eigenvalue weighted by Gasteiger charge is 2.37. The summed E-state index contributed by atoms with van der Waals surface area (Å²) in [5.74, 6) is -1.32. The van der Waals surface area contributed by atoms with E-state index in [1.807, 2.05) is 30.3 Å². The fraction of sp³-hybridized carbons (Fsp3) is 0.556. The molecule has 0 bridgehead atoms. The molecule has 0 aliphatic heterocycles. The molecule has 1 atom stereocenters. The van der Waals surface area contributed by atoms with E-state index in [0.29, 0.717) is 6.61 Å². The van der Waals surface area contributed by atoms with E-state index in [2.05, 4.69) is 39.2 Å². The first-order valence-electron chi connectivity index (χ1n) is 8.23. The van der Waals surface area contributed by atoms with Crippen LogP contribution < -0.4 is 5.32 Å². The molecule has 0 heterocycles. The molecule has 0 spiro atoms. The van der Waals surface area contributed by atoms with Crippen LogP contribution in [0.3, 0.4) is 0 Å². The molecule has 1 aromatic carbocycles. The summed E-state index contributed by atoms with van der Waals surface area (Å²) in [5, 5.41) is 12.0. The molecule has 0 aromatic heterocycles. The molecule has 1 amide bonds. The van der Waals surface area contributed by atoms with Crippen molar-refractivity contribution in [3.8, 4) is 0 Å². The third-order valence-electron chi connectivity index (χ3n) is 4.52. The second-order valence-electron chi connectivity index (χ2n) is 7.52. The number of hydrogen-bond donors (Lipinski definition) is 2. The minimum Gasteiger partial charge on any atom is -0.480 e. The van der Waals surface area contributed by atoms with Crippen molar-refractivity contribution in [2.75, 3.05) is 6.61 Å². The van der Waals surface area contributed by atoms with Crippen LogP contribution in [0, 0.1) is 0 Å². The Morgan fingerprint density at radius 1 is 1.21 bits per heavy atom. The van der Waals surface area contributed by atoms with E-state index in [-0.39, 0.29) is 23.8 Å². The van der Waals surface area contributed by atoms with E-state index in [1.54, 1.807) is 0 Å². The van der Waals surface area contributed by atoms with Crippen molar-refractivity contribution < 1.29 is 19.1 Å². The first kappa shape index (κ1) is 20.4. The topological polar surface area (TPSA) is 75.6 Å². The summed E-state index contributed by atoms with van der Waals surface area (Å²) in [4.78, 5) is 23.4. The molecular formula is C18H29NO4Si. The predicted molar refractivity (Wildman–Crippen MR) is 97.5 cm³/mol. The molecule has 1 aromatic rings. The van der Waals surface area contributed by atoms with E-state index >= 15 is 0 Å². The van der Waals surface area contributed by atoms with E-state index < -0.39 is 20.3 Å². The Kier molecular flexibility index (Phi) is 7.17. The van der Waals surface area contributed by atoms with Gasteiger partial charge >= 0.3 is 5.97 Å². The van der Waals surface area contributed by atoms with E-state index in [0.717, 1.165) is 5.56 Å². The number of carbonyl (C=O) groups excluding carboxylic acids is 1. The molecule has 0 aliphatic carbocycles. The lowest BCUT2D eigenvalue weighted by atomic mass is 10.1. The third kappa shape index (κ3) is 6.45. The van der Waals surface area contributed by atoms with E-state index in [4.69, 9.17) is 4.43 Å². The van der Waals surface area contributed by atoms with Gasteiger partial charge in [0.15, 0.2) is 8.32 Å². The van der Waals surface area contributed by atoms with Crippen molar-refractivity contribution in [2.45, 2.75) is 57.8 Å². The van der Waals surface area contributed by atoms with Gasteiger partial charge in [-0.15, -0.1) is 0 Å². The largest absolute Gasteiger partial charge is 0.480 e. The molecule has 2 N–H and O–H groups in total. The highest BCUT2D eigenvalue weighted by Crippen LogP contribution is 2.36. The van der Waals surface area contributed by atoms with Crippen LogP contribution in [0.2, 0.25) is 18.1 Å². The van der Waals surface area contributed by atoms with Crippen molar-refractivity contribution in [3.63, 3.8) is 0 Å². The van der Waals surface area contributed by atoms with Crippen LogP contribution in [-0.2, 0) is 20.4 Å². The van der Waals surface area contributed by atoms with Gasteiger partial charge in [-0.05, 0) is 23.7 Å². The Labute approximate surface area is 145 Å². The molecule has 0 radical (unpaired) electrons. The molecule has 1 rings (SSSR count). The molecule has 0 unspecified atom stereocenters. The number of rotatable bonds is 8. The van der Waals surface area contributed by atoms with Crippen molar-refractivity contribution >= 4 is 20.2 Å². The van der Waals surface area contributed by atoms with Gasteiger partial charge in [0.2, 0.25) is 5.91 Å². The van der Waals surface area contributed by atoms with Crippen LogP contribution in [0.4, 0.5) is 0 Å². The highest BCUT2D eigenvalue weighted by molar-refractivity contribution is 6.74. The molecule has 0 saturated carbocycles. The van der Waals surface area contributed by atoms with Crippen LogP contribution in [0.25, 0.3) is 0 Å². The van der Waals surface area contributed by atoms with E-state index in [9.17, 15) is 14.7 Å². The first-order chi connectivity index (χ1) is 11.0. The van der Waals surface area contributed by atoms with Crippen molar-refractivity contribution in [1.29, 1.82) is 0 Å². The standard InChI is InChI=1S/C18H29NO4Si/c1-18(2,3)24(4,5)23-12-11-15(17(21)22)19-16(20)13-14-9-7-6-8-10-14/h6-10,15H,11-13H2,1-5H3,(H,19,20)(H,21,22)/t15-/m0/s1. The zero-order valence-corrected chi connectivity index (χ0v) is 16.3. The summed E-state index contributed by atoms with van der Waals surface area (Å²) in [5.41, 5.74) is 0.858. The zero-order valence-electron chi connectivity index (χ0n) is 15.3. The maximum Gasteiger partial charge on any atom is 0.326 e. The third-order valence-corrected chi connectivity index (χ3v) is 9.05. The number of carboxylic acids is 1. The van der Waals surface area contributed by atoms with Gasteiger partial charge in [0, 0.05) is 13.0 Å². The van der Waals surface area contributed by atoms with Crippen molar-refractivity contribution in [1.82, 2.24) is 5.32 Å². The molecule has 5 nitrogen and oxygen atoms in total. The summed E-state index contributed by atoms with van der Waals surface area (Å²) < 4.78 is 6.00. The number of carbonyl (C=O) groups is 2. The lowest BCUT2D eigenvalue weighted by Gasteiger charge is -2.36. The molecule has 134 valence electrons. The summed E-state index contributed by atoms with van der Waals surface area (Å²) in [7, 11) is -1.91. The summed E-state index contributed by atoms with van der Waals surface area (Å²) in [6.07, 6.45) is 0.441. The minimum atomic E-state index is -1.91. The Balaban J connectivity index is 2.53. The highest BCUT2D eigenvalue weighted by atomic mass is 28.4. The second-order valence-corrected chi connectivity index (χ2v) is 12.3. The summed E-state index contributed by atoms with van der Waals surface area (Å²) in [6.45, 7) is 11.0. The van der Waals surface area contributed by atoms with Gasteiger partial charge < -0.3 is 14.8 Å². The average Bonchev–Trinajstić information content (AvgIpc) is 2.45. The fourth-order valence-corrected chi connectivity index (χ4v) is 2.99. The average molecular weight is 352 g/mol. The number of amides is 1. The lowest BCUT2D eigenvalue weighted by Crippen LogP contribution is -2.45. The molecule has 0 aliphatic rings. The Hall–Kier alpha value is -1.66. The number of carboxylic acid groups (broad SMARTS) is 1. The molecule has 6 heteroatoms. The fourth-order valence-electron chi connectivity index (χ4n) is 1.93. The minimum absolute atomic E-state index is 0.0717. The molecule has 0 saturated heterocycles. The monoisotopic (exact) mass is 351 g/mol. The van der Waals surface area contributed by atoms with Crippen molar-refractivity contribution in [2.24, 2.45) is 0 Å². The van der Waals surface area contributed by atoms with Crippen LogP contribution in [0.15, 0.2) is 30.3 Å². The van der Waals surface area contributed by atoms with Gasteiger partial charge in [-0.25, -0.2) is 4.79 Å². The summed E-state index contributed by atoms with van der Waals surface area (Å²) in [6, 6.07) is 8.34. The van der Waals surface area contributed by atoms with Crippen LogP contribution in [0.5, 0.6) is 0 Å². The Morgan fingerprint density at radius 2 is 1.79 bits per heavy atom. The number of hydrogen-bond acceptors (Lipinski definition) is 3. The van der Waals surface area contributed by atoms with Crippen LogP contribution >= 0.6 is 0 Å². The van der Waals surface area contributed by atoms with Gasteiger partial charge in [-0.3, -0.25) is 4.79 Å².